The van der Waals surface area contributed by atoms with Gasteiger partial charge in [-0.3, -0.25) is 4.79 Å². The van der Waals surface area contributed by atoms with Gasteiger partial charge in [-0.1, -0.05) is 24.3 Å². The summed E-state index contributed by atoms with van der Waals surface area (Å²) in [5.74, 6) is 0.543. The van der Waals surface area contributed by atoms with Crippen LogP contribution in [-0.2, 0) is 4.74 Å². The van der Waals surface area contributed by atoms with Crippen molar-refractivity contribution >= 4 is 17.6 Å². The second-order valence-corrected chi connectivity index (χ2v) is 10.4. The molecule has 4 rings (SSSR count). The average molecular weight is 493 g/mol. The highest BCUT2D eigenvalue weighted by atomic mass is 16.6. The fourth-order valence-corrected chi connectivity index (χ4v) is 4.78. The lowest BCUT2D eigenvalue weighted by atomic mass is 9.82. The molecule has 2 aromatic rings. The zero-order valence-electron chi connectivity index (χ0n) is 21.8. The average Bonchev–Trinajstić information content (AvgIpc) is 2.84. The summed E-state index contributed by atoms with van der Waals surface area (Å²) in [6, 6.07) is 13.0. The third kappa shape index (κ3) is 5.20. The molecular weight excluding hydrogens is 456 g/mol. The summed E-state index contributed by atoms with van der Waals surface area (Å²) in [7, 11) is 0. The summed E-state index contributed by atoms with van der Waals surface area (Å²) in [6.07, 6.45) is 2.93. The highest BCUT2D eigenvalue weighted by molar-refractivity contribution is 5.95. The van der Waals surface area contributed by atoms with Crippen LogP contribution in [0.2, 0.25) is 0 Å². The molecule has 2 heterocycles. The van der Waals surface area contributed by atoms with Crippen LogP contribution >= 0.6 is 0 Å². The van der Waals surface area contributed by atoms with Gasteiger partial charge in [-0.2, -0.15) is 0 Å². The molecule has 7 heteroatoms. The lowest BCUT2D eigenvalue weighted by Gasteiger charge is -2.43. The number of hydrogen-bond donors (Lipinski definition) is 1. The quantitative estimate of drug-likeness (QED) is 0.612. The first-order valence-electron chi connectivity index (χ1n) is 12.7. The van der Waals surface area contributed by atoms with E-state index in [-0.39, 0.29) is 17.7 Å². The normalized spacial score (nSPS) is 16.6. The van der Waals surface area contributed by atoms with Crippen molar-refractivity contribution in [3.8, 4) is 11.5 Å². The van der Waals surface area contributed by atoms with E-state index in [0.29, 0.717) is 50.3 Å². The molecule has 1 fully saturated rings. The van der Waals surface area contributed by atoms with Gasteiger partial charge in [0.1, 0.15) is 11.2 Å². The molecule has 2 aliphatic heterocycles. The molecule has 0 aromatic heterocycles. The summed E-state index contributed by atoms with van der Waals surface area (Å²) in [6.45, 7) is 11.8. The molecule has 2 amide bonds. The van der Waals surface area contributed by atoms with Crippen molar-refractivity contribution in [3.05, 3.63) is 65.2 Å². The summed E-state index contributed by atoms with van der Waals surface area (Å²) < 4.78 is 12.0. The molecule has 0 unspecified atom stereocenters. The number of nitrogens with zero attached hydrogens (tertiary/aromatic N) is 2. The fraction of sp³-hybridized carbons (Fsp3) is 0.448. The van der Waals surface area contributed by atoms with Crippen LogP contribution in [0.1, 0.15) is 68.9 Å². The maximum atomic E-state index is 12.8. The molecule has 1 spiro atoms. The number of phenolic OH excluding ortho intramolecular Hbond substituents is 1. The molecule has 192 valence electrons. The van der Waals surface area contributed by atoms with Crippen molar-refractivity contribution in [2.75, 3.05) is 26.2 Å². The second kappa shape index (κ2) is 9.88. The highest BCUT2D eigenvalue weighted by Crippen LogP contribution is 2.47. The fourth-order valence-electron chi connectivity index (χ4n) is 4.78. The Balaban J connectivity index is 1.63. The van der Waals surface area contributed by atoms with E-state index in [1.807, 2.05) is 65.0 Å². The number of para-hydroxylation sites is 1. The van der Waals surface area contributed by atoms with Crippen molar-refractivity contribution in [2.24, 2.45) is 0 Å². The van der Waals surface area contributed by atoms with Crippen LogP contribution in [0.25, 0.3) is 5.57 Å². The predicted octanol–water partition coefficient (Wildman–Crippen LogP) is 5.47. The molecule has 0 radical (unpaired) electrons. The first-order chi connectivity index (χ1) is 17.1. The van der Waals surface area contributed by atoms with Gasteiger partial charge in [-0.25, -0.2) is 4.79 Å². The first kappa shape index (κ1) is 25.6. The second-order valence-electron chi connectivity index (χ2n) is 10.4. The minimum atomic E-state index is -0.657. The number of carbonyl (C=O) groups excluding carboxylic acids is 2. The van der Waals surface area contributed by atoms with Crippen molar-refractivity contribution in [1.82, 2.24) is 9.80 Å². The summed E-state index contributed by atoms with van der Waals surface area (Å²) >= 11 is 0. The number of piperidine rings is 1. The monoisotopic (exact) mass is 492 g/mol. The minimum Gasteiger partial charge on any atom is -0.504 e. The smallest absolute Gasteiger partial charge is 0.410 e. The van der Waals surface area contributed by atoms with Gasteiger partial charge in [0.05, 0.1) is 0 Å². The topological polar surface area (TPSA) is 79.3 Å². The molecular formula is C29H36N2O5. The van der Waals surface area contributed by atoms with E-state index in [1.54, 1.807) is 21.9 Å². The van der Waals surface area contributed by atoms with Crippen LogP contribution in [0, 0.1) is 0 Å². The van der Waals surface area contributed by atoms with Crippen molar-refractivity contribution in [2.45, 2.75) is 58.7 Å². The van der Waals surface area contributed by atoms with Crippen LogP contribution in [-0.4, -0.2) is 64.3 Å². The SMILES string of the molecule is CCN(CC)C(=O)c1ccc(C2=CC3(CCN(C(=O)OC(C)(C)C)CC3)Oc3c(O)cccc32)cc1. The molecule has 1 saturated heterocycles. The number of phenols is 1. The highest BCUT2D eigenvalue weighted by Gasteiger charge is 2.41. The van der Waals surface area contributed by atoms with Gasteiger partial charge in [0.25, 0.3) is 5.91 Å². The van der Waals surface area contributed by atoms with Crippen LogP contribution in [0.15, 0.2) is 48.5 Å². The summed E-state index contributed by atoms with van der Waals surface area (Å²) in [4.78, 5) is 28.9. The number of carbonyl (C=O) groups is 2. The number of fused-ring (bicyclic) bond motifs is 1. The maximum Gasteiger partial charge on any atom is 0.410 e. The number of ether oxygens (including phenoxy) is 2. The third-order valence-corrected chi connectivity index (χ3v) is 6.75. The molecule has 36 heavy (non-hydrogen) atoms. The zero-order chi connectivity index (χ0) is 26.1. The predicted molar refractivity (Wildman–Crippen MR) is 139 cm³/mol. The first-order valence-corrected chi connectivity index (χ1v) is 12.7. The zero-order valence-corrected chi connectivity index (χ0v) is 21.8. The van der Waals surface area contributed by atoms with E-state index in [2.05, 4.69) is 6.08 Å². The molecule has 1 N–H and O–H groups in total. The Bertz CT molecular complexity index is 1150. The molecule has 0 saturated carbocycles. The van der Waals surface area contributed by atoms with E-state index in [9.17, 15) is 14.7 Å². The Morgan fingerprint density at radius 2 is 1.69 bits per heavy atom. The van der Waals surface area contributed by atoms with Gasteiger partial charge < -0.3 is 24.4 Å². The Hall–Kier alpha value is -3.48. The molecule has 7 nitrogen and oxygen atoms in total. The number of aromatic hydroxyl groups is 1. The largest absolute Gasteiger partial charge is 0.504 e. The Kier molecular flexibility index (Phi) is 7.03. The molecule has 0 atom stereocenters. The molecule has 0 bridgehead atoms. The van der Waals surface area contributed by atoms with E-state index in [0.717, 1.165) is 16.7 Å². The minimum absolute atomic E-state index is 0.0107. The van der Waals surface area contributed by atoms with Gasteiger partial charge >= 0.3 is 6.09 Å². The lowest BCUT2D eigenvalue weighted by Crippen LogP contribution is -2.50. The number of hydrogen-bond acceptors (Lipinski definition) is 5. The van der Waals surface area contributed by atoms with Crippen molar-refractivity contribution in [3.63, 3.8) is 0 Å². The van der Waals surface area contributed by atoms with E-state index in [4.69, 9.17) is 9.47 Å². The Labute approximate surface area is 213 Å². The lowest BCUT2D eigenvalue weighted by molar-refractivity contribution is -0.00179. The maximum absolute atomic E-state index is 12.8. The van der Waals surface area contributed by atoms with E-state index in [1.165, 1.54) is 0 Å². The van der Waals surface area contributed by atoms with Gasteiger partial charge in [0, 0.05) is 50.1 Å². The van der Waals surface area contributed by atoms with Gasteiger partial charge in [-0.15, -0.1) is 0 Å². The number of amides is 2. The van der Waals surface area contributed by atoms with Crippen LogP contribution in [0.4, 0.5) is 4.79 Å². The Morgan fingerprint density at radius 3 is 2.28 bits per heavy atom. The van der Waals surface area contributed by atoms with Gasteiger partial charge in [0.2, 0.25) is 0 Å². The Morgan fingerprint density at radius 1 is 1.06 bits per heavy atom. The van der Waals surface area contributed by atoms with Gasteiger partial charge in [0.15, 0.2) is 11.5 Å². The molecule has 0 aliphatic carbocycles. The summed E-state index contributed by atoms with van der Waals surface area (Å²) in [5.41, 5.74) is 2.12. The molecule has 2 aliphatic rings. The third-order valence-electron chi connectivity index (χ3n) is 6.75. The van der Waals surface area contributed by atoms with Crippen molar-refractivity contribution < 1.29 is 24.2 Å². The van der Waals surface area contributed by atoms with Crippen LogP contribution in [0.3, 0.4) is 0 Å². The number of likely N-dealkylation sites (tertiary alicyclic amines) is 1. The molecule has 2 aromatic carbocycles. The standard InChI is InChI=1S/C29H36N2O5/c1-6-30(7-2)26(33)21-13-11-20(12-14-21)23-19-29(35-25-22(23)9-8-10-24(25)32)15-17-31(18-16-29)27(34)36-28(3,4)5/h8-14,19,32H,6-7,15-18H2,1-5H3. The van der Waals surface area contributed by atoms with Gasteiger partial charge in [-0.05, 0) is 70.0 Å². The van der Waals surface area contributed by atoms with Crippen LogP contribution in [0.5, 0.6) is 11.5 Å². The number of benzene rings is 2. The van der Waals surface area contributed by atoms with Crippen molar-refractivity contribution in [1.29, 1.82) is 0 Å². The van der Waals surface area contributed by atoms with E-state index < -0.39 is 11.2 Å². The van der Waals surface area contributed by atoms with E-state index >= 15 is 0 Å². The van der Waals surface area contributed by atoms with Crippen LogP contribution < -0.4 is 4.74 Å². The number of rotatable bonds is 4. The summed E-state index contributed by atoms with van der Waals surface area (Å²) in [5, 5.41) is 10.6.